The van der Waals surface area contributed by atoms with E-state index in [4.69, 9.17) is 10.5 Å². The Morgan fingerprint density at radius 3 is 2.57 bits per heavy atom. The molecule has 2 aliphatic heterocycles. The van der Waals surface area contributed by atoms with Crippen molar-refractivity contribution in [2.75, 3.05) is 40.3 Å². The summed E-state index contributed by atoms with van der Waals surface area (Å²) in [6.45, 7) is 3.37. The third-order valence-corrected chi connectivity index (χ3v) is 9.23. The van der Waals surface area contributed by atoms with E-state index >= 15 is 0 Å². The number of aldehydes is 2. The van der Waals surface area contributed by atoms with E-state index in [1.54, 1.807) is 18.2 Å². The van der Waals surface area contributed by atoms with Gasteiger partial charge in [-0.1, -0.05) is 12.1 Å². The molecule has 226 valence electrons. The molecule has 0 saturated carbocycles. The van der Waals surface area contributed by atoms with Crippen molar-refractivity contribution in [2.24, 2.45) is 5.73 Å². The van der Waals surface area contributed by atoms with Crippen molar-refractivity contribution >= 4 is 35.4 Å². The molecule has 0 radical (unpaired) electrons. The Hall–Kier alpha value is -3.45. The van der Waals surface area contributed by atoms with E-state index in [9.17, 15) is 23.4 Å². The zero-order chi connectivity index (χ0) is 30.2. The first-order valence-corrected chi connectivity index (χ1v) is 15.3. The minimum Gasteiger partial charge on any atom is -0.488 e. The van der Waals surface area contributed by atoms with Crippen LogP contribution in [0.4, 0.5) is 0 Å². The molecule has 4 rings (SSSR count). The summed E-state index contributed by atoms with van der Waals surface area (Å²) < 4.78 is 21.1. The van der Waals surface area contributed by atoms with Crippen LogP contribution in [-0.2, 0) is 27.1 Å². The molecule has 2 fully saturated rings. The zero-order valence-corrected chi connectivity index (χ0v) is 24.9. The van der Waals surface area contributed by atoms with Gasteiger partial charge in [0.25, 0.3) is 5.91 Å². The van der Waals surface area contributed by atoms with E-state index in [1.807, 2.05) is 28.6 Å². The second kappa shape index (κ2) is 14.6. The molecule has 2 aliphatic rings. The molecule has 2 aromatic carbocycles. The van der Waals surface area contributed by atoms with Crippen molar-refractivity contribution in [3.05, 3.63) is 59.2 Å². The van der Waals surface area contributed by atoms with Gasteiger partial charge in [-0.05, 0) is 55.2 Å². The highest BCUT2D eigenvalue weighted by molar-refractivity contribution is 7.82. The fourth-order valence-corrected chi connectivity index (χ4v) is 6.50. The minimum atomic E-state index is -1.25. The molecule has 2 unspecified atom stereocenters. The van der Waals surface area contributed by atoms with Gasteiger partial charge in [0.05, 0.1) is 10.5 Å². The lowest BCUT2D eigenvalue weighted by molar-refractivity contribution is -0.125. The molecule has 2 heterocycles. The van der Waals surface area contributed by atoms with Crippen molar-refractivity contribution in [1.29, 1.82) is 0 Å². The molecule has 12 heteroatoms. The number of ether oxygens (including phenoxy) is 1. The third-order valence-electron chi connectivity index (χ3n) is 7.74. The van der Waals surface area contributed by atoms with Crippen molar-refractivity contribution in [2.45, 2.75) is 55.3 Å². The number of hydrogen-bond acceptors (Lipinski definition) is 8. The van der Waals surface area contributed by atoms with Crippen LogP contribution >= 0.6 is 0 Å². The van der Waals surface area contributed by atoms with Crippen molar-refractivity contribution < 1.29 is 28.1 Å². The lowest BCUT2D eigenvalue weighted by Crippen LogP contribution is -2.53. The Bertz CT molecular complexity index is 1310. The van der Waals surface area contributed by atoms with Gasteiger partial charge in [-0.15, -0.1) is 0 Å². The fraction of sp³-hybridized carbons (Fsp3) is 0.467. The lowest BCUT2D eigenvalue weighted by atomic mass is 10.0. The Balaban J connectivity index is 1.32. The first kappa shape index (κ1) is 31.5. The van der Waals surface area contributed by atoms with E-state index in [0.29, 0.717) is 55.9 Å². The van der Waals surface area contributed by atoms with Crippen LogP contribution in [0.2, 0.25) is 0 Å². The largest absolute Gasteiger partial charge is 0.488 e. The van der Waals surface area contributed by atoms with Gasteiger partial charge >= 0.3 is 0 Å². The molecule has 2 amide bonds. The van der Waals surface area contributed by atoms with Crippen LogP contribution < -0.4 is 15.8 Å². The van der Waals surface area contributed by atoms with Gasteiger partial charge < -0.3 is 25.5 Å². The number of nitrogens with one attached hydrogen (secondary N) is 1. The van der Waals surface area contributed by atoms with E-state index < -0.39 is 22.9 Å². The number of nitrogens with zero attached hydrogens (tertiary/aromatic N) is 3. The summed E-state index contributed by atoms with van der Waals surface area (Å²) >= 11 is 0. The van der Waals surface area contributed by atoms with Crippen LogP contribution in [0, 0.1) is 0 Å². The number of carbonyl (C=O) groups excluding carboxylic acids is 4. The number of carbonyl (C=O) groups is 4. The van der Waals surface area contributed by atoms with Crippen LogP contribution in [0.25, 0.3) is 0 Å². The highest BCUT2D eigenvalue weighted by atomic mass is 32.2. The molecule has 0 aliphatic carbocycles. The summed E-state index contributed by atoms with van der Waals surface area (Å²) in [4.78, 5) is 52.4. The maximum Gasteiger partial charge on any atom is 0.255 e. The van der Waals surface area contributed by atoms with Gasteiger partial charge in [-0.2, -0.15) is 0 Å². The molecular weight excluding hydrogens is 558 g/mol. The number of benzene rings is 2. The van der Waals surface area contributed by atoms with Crippen molar-refractivity contribution in [1.82, 2.24) is 19.4 Å². The van der Waals surface area contributed by atoms with Crippen LogP contribution in [0.3, 0.4) is 0 Å². The molecule has 0 spiro atoms. The first-order chi connectivity index (χ1) is 20.2. The Morgan fingerprint density at radius 2 is 1.90 bits per heavy atom. The Kier molecular flexibility index (Phi) is 11.0. The smallest absolute Gasteiger partial charge is 0.255 e. The number of rotatable bonds is 13. The zero-order valence-electron chi connectivity index (χ0n) is 24.1. The van der Waals surface area contributed by atoms with Gasteiger partial charge in [0.2, 0.25) is 5.91 Å². The monoisotopic (exact) mass is 597 g/mol. The predicted octanol–water partition coefficient (Wildman–Crippen LogP) is 1.37. The maximum atomic E-state index is 13.2. The van der Waals surface area contributed by atoms with Crippen LogP contribution in [0.5, 0.6) is 5.75 Å². The summed E-state index contributed by atoms with van der Waals surface area (Å²) in [5.74, 6) is -0.163. The summed E-state index contributed by atoms with van der Waals surface area (Å²) in [6, 6.07) is 11.9. The number of likely N-dealkylation sites (N-methyl/N-ethyl adjacent to an activating group) is 2. The number of amides is 2. The van der Waals surface area contributed by atoms with Gasteiger partial charge in [-0.3, -0.25) is 19.3 Å². The van der Waals surface area contributed by atoms with E-state index in [-0.39, 0.29) is 42.0 Å². The van der Waals surface area contributed by atoms with E-state index in [2.05, 4.69) is 10.2 Å². The molecule has 42 heavy (non-hydrogen) atoms. The highest BCUT2D eigenvalue weighted by Gasteiger charge is 2.30. The minimum absolute atomic E-state index is 0.0188. The van der Waals surface area contributed by atoms with E-state index in [0.717, 1.165) is 18.4 Å². The second-order valence-corrected chi connectivity index (χ2v) is 12.2. The van der Waals surface area contributed by atoms with Crippen LogP contribution in [-0.4, -0.2) is 101 Å². The third kappa shape index (κ3) is 7.68. The molecule has 2 atom stereocenters. The molecule has 0 aromatic heterocycles. The maximum absolute atomic E-state index is 13.2. The Morgan fingerprint density at radius 1 is 1.17 bits per heavy atom. The van der Waals surface area contributed by atoms with Gasteiger partial charge in [0.15, 0.2) is 6.29 Å². The summed E-state index contributed by atoms with van der Waals surface area (Å²) in [6.07, 6.45) is 3.33. The summed E-state index contributed by atoms with van der Waals surface area (Å²) in [5, 5.41) is 2.52. The van der Waals surface area contributed by atoms with E-state index in [1.165, 1.54) is 19.0 Å². The van der Waals surface area contributed by atoms with Crippen molar-refractivity contribution in [3.8, 4) is 5.75 Å². The summed E-state index contributed by atoms with van der Waals surface area (Å²) in [7, 11) is 1.71. The summed E-state index contributed by atoms with van der Waals surface area (Å²) in [5.41, 5.74) is 7.29. The number of hydrogen-bond donors (Lipinski definition) is 2. The average molecular weight is 598 g/mol. The first-order valence-electron chi connectivity index (χ1n) is 14.2. The van der Waals surface area contributed by atoms with Gasteiger partial charge in [0, 0.05) is 64.8 Å². The molecule has 0 bridgehead atoms. The SMILES string of the molecule is CNC(=O)C(CCC=O)N(C)C(=O)c1ccc(CN2CC(Oc3cccc(S(=O)N4CCC(N)CC4)c3)C2)cc1C=O. The molecular formula is C30H39N5O6S. The lowest BCUT2D eigenvalue weighted by Gasteiger charge is -2.39. The van der Waals surface area contributed by atoms with Crippen LogP contribution in [0.1, 0.15) is 52.0 Å². The van der Waals surface area contributed by atoms with Gasteiger partial charge in [0.1, 0.15) is 35.2 Å². The fourth-order valence-electron chi connectivity index (χ4n) is 5.25. The Labute approximate surface area is 248 Å². The highest BCUT2D eigenvalue weighted by Crippen LogP contribution is 2.25. The average Bonchev–Trinajstić information content (AvgIpc) is 2.99. The van der Waals surface area contributed by atoms with Gasteiger partial charge in [-0.25, -0.2) is 8.51 Å². The number of piperidine rings is 1. The normalized spacial score (nSPS) is 18.0. The topological polar surface area (TPSA) is 142 Å². The molecule has 2 saturated heterocycles. The quantitative estimate of drug-likeness (QED) is 0.330. The molecule has 2 aromatic rings. The van der Waals surface area contributed by atoms with Crippen molar-refractivity contribution in [3.63, 3.8) is 0 Å². The number of likely N-dealkylation sites (tertiary alicyclic amines) is 1. The number of nitrogens with two attached hydrogens (primary N) is 1. The second-order valence-electron chi connectivity index (χ2n) is 10.8. The molecule has 11 nitrogen and oxygen atoms in total. The predicted molar refractivity (Wildman–Crippen MR) is 158 cm³/mol. The molecule has 3 N–H and O–H groups in total. The van der Waals surface area contributed by atoms with Crippen LogP contribution in [0.15, 0.2) is 47.4 Å². The standard InChI is InChI=1S/C30H39N5O6S/c1-32-29(38)28(7-4-14-36)33(2)30(39)27-9-8-21(15-22(27)20-37)17-34-18-25(19-34)41-24-5-3-6-26(16-24)42(40)35-12-10-23(31)11-13-35/h3,5-6,8-9,14-16,20,23,25,28H,4,7,10-13,17-19,31H2,1-2H3,(H,32,38).